The average molecular weight is 559 g/mol. The number of alkyl carbamates (subject to hydrolysis) is 1. The summed E-state index contributed by atoms with van der Waals surface area (Å²) in [5.74, 6) is -3.50. The van der Waals surface area contributed by atoms with Gasteiger partial charge in [-0.1, -0.05) is 36.4 Å². The first kappa shape index (κ1) is 31.6. The minimum atomic E-state index is -1.42. The van der Waals surface area contributed by atoms with Gasteiger partial charge in [-0.3, -0.25) is 4.79 Å². The van der Waals surface area contributed by atoms with Crippen LogP contribution in [-0.4, -0.2) is 73.5 Å². The van der Waals surface area contributed by atoms with Crippen LogP contribution in [0.4, 0.5) is 4.79 Å². The van der Waals surface area contributed by atoms with Crippen LogP contribution in [0.25, 0.3) is 0 Å². The molecule has 0 saturated carbocycles. The third-order valence-corrected chi connectivity index (χ3v) is 5.37. The molecule has 0 radical (unpaired) electrons. The molecule has 40 heavy (non-hydrogen) atoms. The fourth-order valence-electron chi connectivity index (χ4n) is 3.51. The van der Waals surface area contributed by atoms with Crippen LogP contribution < -0.4 is 15.4 Å². The van der Waals surface area contributed by atoms with Crippen molar-refractivity contribution in [1.29, 1.82) is 0 Å². The highest BCUT2D eigenvalue weighted by Gasteiger charge is 2.29. The zero-order valence-electron chi connectivity index (χ0n) is 23.0. The van der Waals surface area contributed by atoms with E-state index in [2.05, 4.69) is 15.4 Å². The summed E-state index contributed by atoms with van der Waals surface area (Å²) in [6.07, 6.45) is -0.968. The molecule has 0 bridgehead atoms. The van der Waals surface area contributed by atoms with Gasteiger partial charge in [0.25, 0.3) is 0 Å². The number of hydrogen-bond acceptors (Lipinski definition) is 9. The number of benzene rings is 2. The van der Waals surface area contributed by atoms with Crippen molar-refractivity contribution in [2.45, 2.75) is 51.3 Å². The lowest BCUT2D eigenvalue weighted by Crippen LogP contribution is -2.53. The van der Waals surface area contributed by atoms with Crippen LogP contribution >= 0.6 is 0 Å². The molecule has 0 spiro atoms. The third kappa shape index (κ3) is 10.3. The SMILES string of the molecule is COC(=O)COc1ccc(C[C@H](NC(=O)[C@H](Cc2ccccc2)NC(=O)OC(C)(C)C)C(=O)O)cc1C(=O)OC. The van der Waals surface area contributed by atoms with E-state index >= 15 is 0 Å². The third-order valence-electron chi connectivity index (χ3n) is 5.37. The zero-order chi connectivity index (χ0) is 29.9. The van der Waals surface area contributed by atoms with E-state index in [4.69, 9.17) is 14.2 Å². The summed E-state index contributed by atoms with van der Waals surface area (Å²) in [6.45, 7) is 4.57. The summed E-state index contributed by atoms with van der Waals surface area (Å²) in [6, 6.07) is 10.5. The van der Waals surface area contributed by atoms with Gasteiger partial charge in [-0.2, -0.15) is 0 Å². The highest BCUT2D eigenvalue weighted by Crippen LogP contribution is 2.22. The molecule has 12 nitrogen and oxygen atoms in total. The van der Waals surface area contributed by atoms with E-state index in [0.29, 0.717) is 5.56 Å². The minimum absolute atomic E-state index is 0.0291. The maximum absolute atomic E-state index is 13.2. The van der Waals surface area contributed by atoms with Crippen molar-refractivity contribution in [1.82, 2.24) is 10.6 Å². The molecule has 0 aliphatic carbocycles. The van der Waals surface area contributed by atoms with Crippen LogP contribution in [0.5, 0.6) is 5.75 Å². The first-order valence-corrected chi connectivity index (χ1v) is 12.3. The van der Waals surface area contributed by atoms with Crippen LogP contribution in [-0.2, 0) is 41.4 Å². The maximum atomic E-state index is 13.2. The molecule has 2 aromatic rings. The first-order chi connectivity index (χ1) is 18.8. The molecular formula is C28H34N2O10. The second-order valence-corrected chi connectivity index (χ2v) is 9.68. The van der Waals surface area contributed by atoms with Crippen molar-refractivity contribution in [2.75, 3.05) is 20.8 Å². The van der Waals surface area contributed by atoms with E-state index in [1.807, 2.05) is 0 Å². The standard InChI is InChI=1S/C28H34N2O10/c1-28(2,3)40-27(36)30-20(14-17-9-7-6-8-10-17)24(32)29-21(25(33)34)15-18-11-12-22(39-16-23(31)37-4)19(13-18)26(35)38-5/h6-13,20-21H,14-16H2,1-5H3,(H,29,32)(H,30,36)(H,33,34)/t20-,21-/m0/s1. The number of methoxy groups -OCH3 is 2. The number of nitrogens with one attached hydrogen (secondary N) is 2. The molecule has 0 aliphatic rings. The Morgan fingerprint density at radius 3 is 2.08 bits per heavy atom. The molecule has 216 valence electrons. The van der Waals surface area contributed by atoms with Crippen LogP contribution in [0.2, 0.25) is 0 Å². The molecule has 0 heterocycles. The summed E-state index contributed by atoms with van der Waals surface area (Å²) in [5.41, 5.74) is 0.230. The molecule has 2 atom stereocenters. The van der Waals surface area contributed by atoms with Crippen LogP contribution in [0.15, 0.2) is 48.5 Å². The Morgan fingerprint density at radius 2 is 1.50 bits per heavy atom. The Labute approximate surface area is 231 Å². The molecular weight excluding hydrogens is 524 g/mol. The average Bonchev–Trinajstić information content (AvgIpc) is 2.90. The van der Waals surface area contributed by atoms with Gasteiger partial charge >= 0.3 is 24.0 Å². The molecule has 2 rings (SSSR count). The minimum Gasteiger partial charge on any atom is -0.481 e. The van der Waals surface area contributed by atoms with Crippen molar-refractivity contribution in [3.05, 3.63) is 65.2 Å². The normalized spacial score (nSPS) is 12.3. The van der Waals surface area contributed by atoms with Gasteiger partial charge < -0.3 is 34.7 Å². The fraction of sp³-hybridized carbons (Fsp3) is 0.393. The van der Waals surface area contributed by atoms with Crippen LogP contribution in [0.3, 0.4) is 0 Å². The van der Waals surface area contributed by atoms with E-state index < -0.39 is 54.2 Å². The van der Waals surface area contributed by atoms with Crippen molar-refractivity contribution in [3.8, 4) is 5.75 Å². The quantitative estimate of drug-likeness (QED) is 0.260. The number of aliphatic carboxylic acids is 1. The van der Waals surface area contributed by atoms with E-state index in [-0.39, 0.29) is 24.2 Å². The number of carboxylic acid groups (broad SMARTS) is 1. The number of rotatable bonds is 12. The van der Waals surface area contributed by atoms with Gasteiger partial charge in [0.15, 0.2) is 6.61 Å². The van der Waals surface area contributed by atoms with Gasteiger partial charge in [-0.25, -0.2) is 19.2 Å². The van der Waals surface area contributed by atoms with Gasteiger partial charge in [-0.15, -0.1) is 0 Å². The summed E-state index contributed by atoms with van der Waals surface area (Å²) >= 11 is 0. The summed E-state index contributed by atoms with van der Waals surface area (Å²) < 4.78 is 19.9. The number of amides is 2. The molecule has 0 unspecified atom stereocenters. The molecule has 3 N–H and O–H groups in total. The first-order valence-electron chi connectivity index (χ1n) is 12.3. The van der Waals surface area contributed by atoms with Gasteiger partial charge in [0.2, 0.25) is 5.91 Å². The molecule has 12 heteroatoms. The lowest BCUT2D eigenvalue weighted by atomic mass is 10.0. The Bertz CT molecular complexity index is 1210. The van der Waals surface area contributed by atoms with Gasteiger partial charge in [0.05, 0.1) is 14.2 Å². The Hall–Kier alpha value is -4.61. The lowest BCUT2D eigenvalue weighted by molar-refractivity contribution is -0.143. The van der Waals surface area contributed by atoms with E-state index in [9.17, 15) is 29.1 Å². The van der Waals surface area contributed by atoms with Gasteiger partial charge in [0.1, 0.15) is 29.0 Å². The van der Waals surface area contributed by atoms with Crippen LogP contribution in [0, 0.1) is 0 Å². The number of carboxylic acids is 1. The monoisotopic (exact) mass is 558 g/mol. The van der Waals surface area contributed by atoms with Crippen LogP contribution in [0.1, 0.15) is 42.3 Å². The number of hydrogen-bond donors (Lipinski definition) is 3. The van der Waals surface area contributed by atoms with Crippen molar-refractivity contribution < 1.29 is 48.0 Å². The van der Waals surface area contributed by atoms with E-state index in [1.54, 1.807) is 51.1 Å². The molecule has 0 aliphatic heterocycles. The Morgan fingerprint density at radius 1 is 0.850 bits per heavy atom. The van der Waals surface area contributed by atoms with Gasteiger partial charge in [0, 0.05) is 12.8 Å². The summed E-state index contributed by atoms with van der Waals surface area (Å²) in [4.78, 5) is 61.5. The second-order valence-electron chi connectivity index (χ2n) is 9.68. The predicted molar refractivity (Wildman–Crippen MR) is 142 cm³/mol. The number of carbonyl (C=O) groups excluding carboxylic acids is 4. The molecule has 0 aromatic heterocycles. The van der Waals surface area contributed by atoms with Crippen molar-refractivity contribution in [2.24, 2.45) is 0 Å². The number of ether oxygens (including phenoxy) is 4. The smallest absolute Gasteiger partial charge is 0.408 e. The Kier molecular flexibility index (Phi) is 11.5. The van der Waals surface area contributed by atoms with Crippen molar-refractivity contribution >= 4 is 29.9 Å². The molecule has 2 aromatic carbocycles. The maximum Gasteiger partial charge on any atom is 0.408 e. The molecule has 0 fully saturated rings. The fourth-order valence-corrected chi connectivity index (χ4v) is 3.51. The predicted octanol–water partition coefficient (Wildman–Crippen LogP) is 2.27. The molecule has 0 saturated heterocycles. The second kappa shape index (κ2) is 14.5. The number of carbonyl (C=O) groups is 5. The van der Waals surface area contributed by atoms with E-state index in [0.717, 1.165) is 12.7 Å². The summed E-state index contributed by atoms with van der Waals surface area (Å²) in [7, 11) is 2.34. The number of esters is 2. The summed E-state index contributed by atoms with van der Waals surface area (Å²) in [5, 5.41) is 14.8. The lowest BCUT2D eigenvalue weighted by Gasteiger charge is -2.24. The highest BCUT2D eigenvalue weighted by molar-refractivity contribution is 5.93. The van der Waals surface area contributed by atoms with Gasteiger partial charge in [-0.05, 0) is 44.0 Å². The molecule has 2 amide bonds. The zero-order valence-corrected chi connectivity index (χ0v) is 23.0. The van der Waals surface area contributed by atoms with E-state index in [1.165, 1.54) is 25.3 Å². The largest absolute Gasteiger partial charge is 0.481 e. The Balaban J connectivity index is 2.26. The van der Waals surface area contributed by atoms with Crippen molar-refractivity contribution in [3.63, 3.8) is 0 Å². The topological polar surface area (TPSA) is 167 Å². The highest BCUT2D eigenvalue weighted by atomic mass is 16.6.